The third-order valence-corrected chi connectivity index (χ3v) is 5.56. The predicted octanol–water partition coefficient (Wildman–Crippen LogP) is 4.29. The van der Waals surface area contributed by atoms with Gasteiger partial charge in [-0.3, -0.25) is 4.79 Å². The standard InChI is InChI=1S/C15H13BrO2S/c1-15(14(17)18)8-11-10(7-12(16)19-11)13(15)9-5-3-2-4-6-9/h2-7,13H,8H2,1H3,(H,17,18)/t13-,15+/m0/s1. The van der Waals surface area contributed by atoms with E-state index < -0.39 is 11.4 Å². The number of rotatable bonds is 2. The quantitative estimate of drug-likeness (QED) is 0.888. The molecule has 1 aromatic carbocycles. The van der Waals surface area contributed by atoms with Gasteiger partial charge in [0.05, 0.1) is 9.20 Å². The van der Waals surface area contributed by atoms with E-state index in [-0.39, 0.29) is 5.92 Å². The van der Waals surface area contributed by atoms with Crippen molar-refractivity contribution in [3.8, 4) is 0 Å². The van der Waals surface area contributed by atoms with Gasteiger partial charge in [0, 0.05) is 10.8 Å². The van der Waals surface area contributed by atoms with Crippen LogP contribution in [-0.2, 0) is 11.2 Å². The first-order valence-electron chi connectivity index (χ1n) is 6.09. The summed E-state index contributed by atoms with van der Waals surface area (Å²) in [4.78, 5) is 12.9. The van der Waals surface area contributed by atoms with Crippen LogP contribution in [0, 0.1) is 5.41 Å². The Morgan fingerprint density at radius 3 is 2.74 bits per heavy atom. The highest BCUT2D eigenvalue weighted by molar-refractivity contribution is 9.11. The normalized spacial score (nSPS) is 25.3. The molecule has 19 heavy (non-hydrogen) atoms. The Hall–Kier alpha value is -1.13. The molecule has 3 rings (SSSR count). The number of hydrogen-bond acceptors (Lipinski definition) is 2. The number of carbonyl (C=O) groups is 1. The summed E-state index contributed by atoms with van der Waals surface area (Å²) in [6.07, 6.45) is 0.605. The molecular formula is C15H13BrO2S. The van der Waals surface area contributed by atoms with E-state index in [4.69, 9.17) is 0 Å². The van der Waals surface area contributed by atoms with Crippen LogP contribution in [-0.4, -0.2) is 11.1 Å². The molecule has 2 aromatic rings. The minimum atomic E-state index is -0.747. The minimum Gasteiger partial charge on any atom is -0.481 e. The van der Waals surface area contributed by atoms with Crippen LogP contribution in [0.2, 0.25) is 0 Å². The van der Waals surface area contributed by atoms with Gasteiger partial charge in [0.25, 0.3) is 0 Å². The Morgan fingerprint density at radius 2 is 2.11 bits per heavy atom. The molecule has 1 aromatic heterocycles. The lowest BCUT2D eigenvalue weighted by Crippen LogP contribution is -2.32. The summed E-state index contributed by atoms with van der Waals surface area (Å²) in [6, 6.07) is 12.0. The van der Waals surface area contributed by atoms with Crippen LogP contribution < -0.4 is 0 Å². The van der Waals surface area contributed by atoms with E-state index in [9.17, 15) is 9.90 Å². The van der Waals surface area contributed by atoms with E-state index in [0.717, 1.165) is 14.9 Å². The largest absolute Gasteiger partial charge is 0.481 e. The Balaban J connectivity index is 2.18. The van der Waals surface area contributed by atoms with E-state index in [0.29, 0.717) is 6.42 Å². The molecule has 2 nitrogen and oxygen atoms in total. The Kier molecular flexibility index (Phi) is 3.02. The van der Waals surface area contributed by atoms with Gasteiger partial charge >= 0.3 is 5.97 Å². The van der Waals surface area contributed by atoms with Crippen LogP contribution in [0.1, 0.15) is 28.8 Å². The predicted molar refractivity (Wildman–Crippen MR) is 79.8 cm³/mol. The molecule has 0 saturated carbocycles. The zero-order chi connectivity index (χ0) is 13.6. The van der Waals surface area contributed by atoms with Crippen molar-refractivity contribution in [2.75, 3.05) is 0 Å². The van der Waals surface area contributed by atoms with Crippen molar-refractivity contribution < 1.29 is 9.90 Å². The first-order chi connectivity index (χ1) is 9.02. The molecule has 1 N–H and O–H groups in total. The molecule has 1 heterocycles. The summed E-state index contributed by atoms with van der Waals surface area (Å²) in [6.45, 7) is 1.85. The summed E-state index contributed by atoms with van der Waals surface area (Å²) in [5.41, 5.74) is 1.49. The highest BCUT2D eigenvalue weighted by Crippen LogP contribution is 2.54. The maximum Gasteiger partial charge on any atom is 0.310 e. The molecular weight excluding hydrogens is 324 g/mol. The third-order valence-electron chi connectivity index (χ3n) is 3.91. The fourth-order valence-electron chi connectivity index (χ4n) is 2.96. The smallest absolute Gasteiger partial charge is 0.310 e. The number of thiophene rings is 1. The second kappa shape index (κ2) is 4.46. The van der Waals surface area contributed by atoms with Crippen LogP contribution in [0.3, 0.4) is 0 Å². The summed E-state index contributed by atoms with van der Waals surface area (Å²) >= 11 is 5.15. The van der Waals surface area contributed by atoms with Gasteiger partial charge in [-0.25, -0.2) is 0 Å². The molecule has 0 unspecified atom stereocenters. The highest BCUT2D eigenvalue weighted by Gasteiger charge is 2.49. The second-order valence-corrected chi connectivity index (χ2v) is 7.69. The van der Waals surface area contributed by atoms with Gasteiger partial charge in [0.2, 0.25) is 0 Å². The second-order valence-electron chi connectivity index (χ2n) is 5.17. The molecule has 1 aliphatic rings. The van der Waals surface area contributed by atoms with E-state index in [1.54, 1.807) is 11.3 Å². The molecule has 98 valence electrons. The molecule has 1 aliphatic carbocycles. The zero-order valence-corrected chi connectivity index (χ0v) is 12.8. The molecule has 0 spiro atoms. The Labute approximate surface area is 124 Å². The van der Waals surface area contributed by atoms with Crippen molar-refractivity contribution in [3.63, 3.8) is 0 Å². The van der Waals surface area contributed by atoms with Gasteiger partial charge < -0.3 is 5.11 Å². The lowest BCUT2D eigenvalue weighted by molar-refractivity contribution is -0.148. The van der Waals surface area contributed by atoms with Crippen molar-refractivity contribution in [1.82, 2.24) is 0 Å². The molecule has 0 amide bonds. The number of carboxylic acids is 1. The van der Waals surface area contributed by atoms with Crippen molar-refractivity contribution in [2.24, 2.45) is 5.41 Å². The molecule has 0 saturated heterocycles. The highest BCUT2D eigenvalue weighted by atomic mass is 79.9. The topological polar surface area (TPSA) is 37.3 Å². The van der Waals surface area contributed by atoms with Crippen molar-refractivity contribution in [3.05, 3.63) is 56.2 Å². The third kappa shape index (κ3) is 1.94. The molecule has 2 atom stereocenters. The number of aliphatic carboxylic acids is 1. The Bertz CT molecular complexity index is 635. The molecule has 0 radical (unpaired) electrons. The fourth-order valence-corrected chi connectivity index (χ4v) is 4.88. The Morgan fingerprint density at radius 1 is 1.42 bits per heavy atom. The number of carboxylic acid groups (broad SMARTS) is 1. The monoisotopic (exact) mass is 336 g/mol. The fraction of sp³-hybridized carbons (Fsp3) is 0.267. The SMILES string of the molecule is C[C@@]1(C(=O)O)Cc2sc(Br)cc2[C@@H]1c1ccccc1. The number of fused-ring (bicyclic) bond motifs is 1. The lowest BCUT2D eigenvalue weighted by atomic mass is 9.74. The van der Waals surface area contributed by atoms with Gasteiger partial charge in [-0.05, 0) is 46.5 Å². The van der Waals surface area contributed by atoms with E-state index in [2.05, 4.69) is 22.0 Å². The number of halogens is 1. The summed E-state index contributed by atoms with van der Waals surface area (Å²) in [5, 5.41) is 9.66. The van der Waals surface area contributed by atoms with Crippen LogP contribution in [0.15, 0.2) is 40.2 Å². The first kappa shape index (κ1) is 12.9. The van der Waals surface area contributed by atoms with Crippen LogP contribution >= 0.6 is 27.3 Å². The van der Waals surface area contributed by atoms with Gasteiger partial charge in [-0.1, -0.05) is 30.3 Å². The summed E-state index contributed by atoms with van der Waals surface area (Å²) in [5.74, 6) is -0.787. The average molecular weight is 337 g/mol. The summed E-state index contributed by atoms with van der Waals surface area (Å²) in [7, 11) is 0. The van der Waals surface area contributed by atoms with E-state index in [1.807, 2.05) is 37.3 Å². The molecule has 0 aliphatic heterocycles. The number of benzene rings is 1. The van der Waals surface area contributed by atoms with Gasteiger partial charge in [-0.2, -0.15) is 0 Å². The molecule has 0 fully saturated rings. The maximum absolute atomic E-state index is 11.8. The zero-order valence-electron chi connectivity index (χ0n) is 10.4. The van der Waals surface area contributed by atoms with E-state index in [1.165, 1.54) is 4.88 Å². The van der Waals surface area contributed by atoms with Gasteiger partial charge in [-0.15, -0.1) is 11.3 Å². The van der Waals surface area contributed by atoms with Crippen LogP contribution in [0.4, 0.5) is 0 Å². The lowest BCUT2D eigenvalue weighted by Gasteiger charge is -2.28. The van der Waals surface area contributed by atoms with Crippen LogP contribution in [0.5, 0.6) is 0 Å². The van der Waals surface area contributed by atoms with Crippen molar-refractivity contribution >= 4 is 33.2 Å². The summed E-state index contributed by atoms with van der Waals surface area (Å²) < 4.78 is 1.07. The molecule has 4 heteroatoms. The first-order valence-corrected chi connectivity index (χ1v) is 7.70. The van der Waals surface area contributed by atoms with Crippen molar-refractivity contribution in [2.45, 2.75) is 19.3 Å². The van der Waals surface area contributed by atoms with E-state index >= 15 is 0 Å². The van der Waals surface area contributed by atoms with Gasteiger partial charge in [0.15, 0.2) is 0 Å². The molecule has 0 bridgehead atoms. The van der Waals surface area contributed by atoms with Crippen molar-refractivity contribution in [1.29, 1.82) is 0 Å². The number of hydrogen-bond donors (Lipinski definition) is 1. The maximum atomic E-state index is 11.8. The van der Waals surface area contributed by atoms with Gasteiger partial charge in [0.1, 0.15) is 0 Å². The minimum absolute atomic E-state index is 0.0660. The average Bonchev–Trinajstić information content (AvgIpc) is 2.83. The van der Waals surface area contributed by atoms with Crippen LogP contribution in [0.25, 0.3) is 0 Å².